The van der Waals surface area contributed by atoms with Crippen LogP contribution in [0.5, 0.6) is 5.75 Å². The second kappa shape index (κ2) is 4.13. The third-order valence-electron chi connectivity index (χ3n) is 2.23. The van der Waals surface area contributed by atoms with E-state index in [4.69, 9.17) is 4.74 Å². The van der Waals surface area contributed by atoms with E-state index in [1.807, 2.05) is 6.07 Å². The van der Waals surface area contributed by atoms with Crippen LogP contribution in [0.2, 0.25) is 0 Å². The molecule has 0 aliphatic carbocycles. The van der Waals surface area contributed by atoms with Crippen molar-refractivity contribution >= 4 is 22.0 Å². The predicted octanol–water partition coefficient (Wildman–Crippen LogP) is 0.910. The van der Waals surface area contributed by atoms with Crippen molar-refractivity contribution in [3.05, 3.63) is 23.8 Å². The zero-order valence-corrected chi connectivity index (χ0v) is 9.29. The summed E-state index contributed by atoms with van der Waals surface area (Å²) in [6.07, 6.45) is 1.85. The topological polar surface area (TPSA) is 72.5 Å². The summed E-state index contributed by atoms with van der Waals surface area (Å²) in [4.78, 5) is 10.2. The molecule has 0 atom stereocenters. The standard InChI is InChI=1S/C10H11NO4S/c12-5-1-2-8-3-4-10-9(6-8)11-16(13,14)7-15-10/h3-6,11H,1-2,7H2. The quantitative estimate of drug-likeness (QED) is 0.798. The second-order valence-electron chi connectivity index (χ2n) is 3.51. The Kier molecular flexibility index (Phi) is 2.82. The fourth-order valence-corrected chi connectivity index (χ4v) is 2.34. The Balaban J connectivity index is 2.27. The van der Waals surface area contributed by atoms with Gasteiger partial charge in [-0.1, -0.05) is 6.07 Å². The Morgan fingerprint density at radius 3 is 3.00 bits per heavy atom. The molecule has 0 saturated carbocycles. The van der Waals surface area contributed by atoms with Gasteiger partial charge in [0.2, 0.25) is 5.94 Å². The average molecular weight is 241 g/mol. The fourth-order valence-electron chi connectivity index (χ4n) is 1.50. The van der Waals surface area contributed by atoms with Gasteiger partial charge in [-0.05, 0) is 24.1 Å². The van der Waals surface area contributed by atoms with Gasteiger partial charge in [0.05, 0.1) is 5.69 Å². The van der Waals surface area contributed by atoms with Crippen LogP contribution in [-0.4, -0.2) is 20.6 Å². The number of carbonyl (C=O) groups excluding carboxylic acids is 1. The molecule has 5 nitrogen and oxygen atoms in total. The number of nitrogens with one attached hydrogen (secondary N) is 1. The highest BCUT2D eigenvalue weighted by molar-refractivity contribution is 7.92. The van der Waals surface area contributed by atoms with E-state index in [0.29, 0.717) is 24.3 Å². The molecule has 0 aromatic heterocycles. The van der Waals surface area contributed by atoms with E-state index < -0.39 is 10.0 Å². The largest absolute Gasteiger partial charge is 0.474 e. The molecule has 0 spiro atoms. The van der Waals surface area contributed by atoms with Crippen LogP contribution in [-0.2, 0) is 21.2 Å². The molecule has 1 aromatic rings. The Bertz CT molecular complexity index is 510. The lowest BCUT2D eigenvalue weighted by molar-refractivity contribution is -0.107. The van der Waals surface area contributed by atoms with Gasteiger partial charge in [0.1, 0.15) is 12.0 Å². The molecule has 1 aliphatic rings. The van der Waals surface area contributed by atoms with Crippen LogP contribution >= 0.6 is 0 Å². The first-order chi connectivity index (χ1) is 7.61. The number of rotatable bonds is 3. The minimum atomic E-state index is -3.38. The van der Waals surface area contributed by atoms with Crippen molar-refractivity contribution in [1.29, 1.82) is 0 Å². The number of aryl methyl sites for hydroxylation is 1. The molecule has 0 unspecified atom stereocenters. The van der Waals surface area contributed by atoms with Crippen molar-refractivity contribution in [2.24, 2.45) is 0 Å². The van der Waals surface area contributed by atoms with Crippen LogP contribution in [0.4, 0.5) is 5.69 Å². The molecule has 0 saturated heterocycles. The number of aldehydes is 1. The van der Waals surface area contributed by atoms with Gasteiger partial charge in [-0.15, -0.1) is 0 Å². The third kappa shape index (κ3) is 2.33. The summed E-state index contributed by atoms with van der Waals surface area (Å²) >= 11 is 0. The van der Waals surface area contributed by atoms with Crippen LogP contribution < -0.4 is 9.46 Å². The van der Waals surface area contributed by atoms with Crippen molar-refractivity contribution < 1.29 is 17.9 Å². The van der Waals surface area contributed by atoms with Crippen molar-refractivity contribution in [2.75, 3.05) is 10.7 Å². The molecule has 1 aliphatic heterocycles. The van der Waals surface area contributed by atoms with Crippen LogP contribution in [0, 0.1) is 0 Å². The number of sulfonamides is 1. The maximum absolute atomic E-state index is 11.2. The first-order valence-corrected chi connectivity index (χ1v) is 6.46. The van der Waals surface area contributed by atoms with Crippen LogP contribution in [0.1, 0.15) is 12.0 Å². The van der Waals surface area contributed by atoms with Crippen molar-refractivity contribution in [3.63, 3.8) is 0 Å². The molecule has 86 valence electrons. The van der Waals surface area contributed by atoms with E-state index in [1.54, 1.807) is 12.1 Å². The minimum absolute atomic E-state index is 0.353. The maximum Gasteiger partial charge on any atom is 0.268 e. The highest BCUT2D eigenvalue weighted by Crippen LogP contribution is 2.30. The van der Waals surface area contributed by atoms with Gasteiger partial charge in [0.15, 0.2) is 0 Å². The van der Waals surface area contributed by atoms with E-state index in [0.717, 1.165) is 11.8 Å². The van der Waals surface area contributed by atoms with Gasteiger partial charge in [-0.2, -0.15) is 0 Å². The molecule has 0 radical (unpaired) electrons. The average Bonchev–Trinajstić information content (AvgIpc) is 2.24. The van der Waals surface area contributed by atoms with Crippen molar-refractivity contribution in [2.45, 2.75) is 12.8 Å². The summed E-state index contributed by atoms with van der Waals surface area (Å²) in [5, 5.41) is 0. The number of anilines is 1. The lowest BCUT2D eigenvalue weighted by Crippen LogP contribution is -2.25. The van der Waals surface area contributed by atoms with Gasteiger partial charge >= 0.3 is 0 Å². The van der Waals surface area contributed by atoms with Crippen LogP contribution in [0.3, 0.4) is 0 Å². The molecule has 16 heavy (non-hydrogen) atoms. The molecular formula is C10H11NO4S. The molecule has 1 heterocycles. The minimum Gasteiger partial charge on any atom is -0.474 e. The van der Waals surface area contributed by atoms with Gasteiger partial charge in [0.25, 0.3) is 10.0 Å². The fraction of sp³-hybridized carbons (Fsp3) is 0.300. The molecule has 1 N–H and O–H groups in total. The van der Waals surface area contributed by atoms with Crippen LogP contribution in [0.25, 0.3) is 0 Å². The summed E-state index contributed by atoms with van der Waals surface area (Å²) in [6, 6.07) is 5.22. The molecule has 1 aromatic carbocycles. The zero-order valence-electron chi connectivity index (χ0n) is 8.47. The molecule has 0 amide bonds. The molecule has 0 bridgehead atoms. The van der Waals surface area contributed by atoms with E-state index >= 15 is 0 Å². The first kappa shape index (κ1) is 10.9. The van der Waals surface area contributed by atoms with Gasteiger partial charge in [0, 0.05) is 6.42 Å². The van der Waals surface area contributed by atoms with E-state index in [-0.39, 0.29) is 5.94 Å². The molecule has 6 heteroatoms. The number of ether oxygens (including phenoxy) is 1. The SMILES string of the molecule is O=CCCc1ccc2c(c1)NS(=O)(=O)CO2. The molecule has 2 rings (SSSR count). The number of carbonyl (C=O) groups is 1. The van der Waals surface area contributed by atoms with E-state index in [2.05, 4.69) is 4.72 Å². The van der Waals surface area contributed by atoms with Gasteiger partial charge < -0.3 is 9.53 Å². The Labute approximate surface area is 93.5 Å². The lowest BCUT2D eigenvalue weighted by atomic mass is 10.1. The highest BCUT2D eigenvalue weighted by atomic mass is 32.2. The van der Waals surface area contributed by atoms with E-state index in [9.17, 15) is 13.2 Å². The second-order valence-corrected chi connectivity index (χ2v) is 5.18. The lowest BCUT2D eigenvalue weighted by Gasteiger charge is -2.19. The monoisotopic (exact) mass is 241 g/mol. The van der Waals surface area contributed by atoms with Gasteiger partial charge in [-0.25, -0.2) is 8.42 Å². The Hall–Kier alpha value is -1.56. The summed E-state index contributed by atoms with van der Waals surface area (Å²) in [5.41, 5.74) is 1.34. The molecule has 0 fully saturated rings. The Morgan fingerprint density at radius 1 is 1.44 bits per heavy atom. The summed E-state index contributed by atoms with van der Waals surface area (Å²) in [7, 11) is -3.38. The summed E-state index contributed by atoms with van der Waals surface area (Å²) in [6.45, 7) is 0. The molecular weight excluding hydrogens is 230 g/mol. The summed E-state index contributed by atoms with van der Waals surface area (Å²) in [5.74, 6) is 0.165. The maximum atomic E-state index is 11.2. The van der Waals surface area contributed by atoms with Crippen molar-refractivity contribution in [1.82, 2.24) is 0 Å². The van der Waals surface area contributed by atoms with E-state index in [1.165, 1.54) is 0 Å². The highest BCUT2D eigenvalue weighted by Gasteiger charge is 2.21. The Morgan fingerprint density at radius 2 is 2.25 bits per heavy atom. The predicted molar refractivity (Wildman–Crippen MR) is 58.9 cm³/mol. The third-order valence-corrected chi connectivity index (χ3v) is 3.19. The number of fused-ring (bicyclic) bond motifs is 1. The first-order valence-electron chi connectivity index (χ1n) is 4.80. The van der Waals surface area contributed by atoms with Crippen molar-refractivity contribution in [3.8, 4) is 5.75 Å². The number of hydrogen-bond acceptors (Lipinski definition) is 4. The van der Waals surface area contributed by atoms with Crippen LogP contribution in [0.15, 0.2) is 18.2 Å². The summed E-state index contributed by atoms with van der Waals surface area (Å²) < 4.78 is 30.0. The number of hydrogen-bond donors (Lipinski definition) is 1. The number of benzene rings is 1. The normalized spacial score (nSPS) is 16.8. The van der Waals surface area contributed by atoms with Gasteiger partial charge in [-0.3, -0.25) is 4.72 Å². The zero-order chi connectivity index (χ0) is 11.6. The smallest absolute Gasteiger partial charge is 0.268 e.